The fraction of sp³-hybridized carbons (Fsp3) is 0. The first-order valence-corrected chi connectivity index (χ1v) is 8.66. The van der Waals surface area contributed by atoms with Crippen molar-refractivity contribution in [3.8, 4) is 0 Å². The van der Waals surface area contributed by atoms with Crippen molar-refractivity contribution in [1.29, 1.82) is 0 Å². The van der Waals surface area contributed by atoms with E-state index in [1.165, 1.54) is 42.6 Å². The maximum atomic E-state index is 12.5. The van der Waals surface area contributed by atoms with E-state index in [1.54, 1.807) is 18.2 Å². The summed E-state index contributed by atoms with van der Waals surface area (Å²) < 4.78 is 30.1. The highest BCUT2D eigenvalue weighted by Gasteiger charge is 2.23. The number of sulfone groups is 1. The van der Waals surface area contributed by atoms with E-state index in [0.29, 0.717) is 10.8 Å². The van der Waals surface area contributed by atoms with Crippen molar-refractivity contribution in [1.82, 2.24) is 4.98 Å². The Balaban J connectivity index is 1.84. The average Bonchev–Trinajstić information content (AvgIpc) is 3.07. The molecule has 0 aliphatic heterocycles. The zero-order valence-electron chi connectivity index (χ0n) is 12.1. The van der Waals surface area contributed by atoms with Gasteiger partial charge in [0.2, 0.25) is 14.9 Å². The number of amides is 1. The third-order valence-electron chi connectivity index (χ3n) is 3.10. The number of rotatable bonds is 4. The molecular formula is C16H11ClN2O4S. The number of furan rings is 1. The second-order valence-corrected chi connectivity index (χ2v) is 7.06. The SMILES string of the molecule is O=C(Nc1ccccn1)c1ccc(S(=O)(=O)c2ccc(Cl)cc2)o1. The molecule has 0 aliphatic carbocycles. The third-order valence-corrected chi connectivity index (χ3v) is 4.99. The lowest BCUT2D eigenvalue weighted by Crippen LogP contribution is -2.11. The molecule has 1 amide bonds. The number of nitrogens with one attached hydrogen (secondary N) is 1. The molecule has 0 spiro atoms. The van der Waals surface area contributed by atoms with Crippen molar-refractivity contribution < 1.29 is 17.6 Å². The van der Waals surface area contributed by atoms with E-state index in [-0.39, 0.29) is 15.7 Å². The van der Waals surface area contributed by atoms with Gasteiger partial charge in [-0.05, 0) is 48.5 Å². The number of hydrogen-bond donors (Lipinski definition) is 1. The minimum atomic E-state index is -3.86. The van der Waals surface area contributed by atoms with Gasteiger partial charge in [-0.3, -0.25) is 4.79 Å². The maximum absolute atomic E-state index is 12.5. The van der Waals surface area contributed by atoms with Crippen molar-refractivity contribution in [2.75, 3.05) is 5.32 Å². The number of benzene rings is 1. The van der Waals surface area contributed by atoms with Gasteiger partial charge in [-0.25, -0.2) is 13.4 Å². The van der Waals surface area contributed by atoms with Crippen LogP contribution in [0.15, 0.2) is 75.2 Å². The van der Waals surface area contributed by atoms with Gasteiger partial charge in [0.05, 0.1) is 4.90 Å². The molecule has 0 atom stereocenters. The first-order valence-electron chi connectivity index (χ1n) is 6.80. The van der Waals surface area contributed by atoms with Crippen LogP contribution >= 0.6 is 11.6 Å². The molecular weight excluding hydrogens is 352 g/mol. The van der Waals surface area contributed by atoms with Crippen molar-refractivity contribution in [3.63, 3.8) is 0 Å². The van der Waals surface area contributed by atoms with E-state index in [2.05, 4.69) is 10.3 Å². The van der Waals surface area contributed by atoms with E-state index in [0.717, 1.165) is 0 Å². The summed E-state index contributed by atoms with van der Waals surface area (Å²) in [5.74, 6) is -0.388. The molecule has 3 aromatic rings. The smallest absolute Gasteiger partial charge is 0.292 e. The van der Waals surface area contributed by atoms with E-state index >= 15 is 0 Å². The Morgan fingerprint density at radius 3 is 2.46 bits per heavy atom. The number of hydrogen-bond acceptors (Lipinski definition) is 5. The molecule has 0 saturated carbocycles. The largest absolute Gasteiger partial charge is 0.439 e. The number of carbonyl (C=O) groups is 1. The first-order chi connectivity index (χ1) is 11.5. The van der Waals surface area contributed by atoms with Crippen LogP contribution in [0, 0.1) is 0 Å². The van der Waals surface area contributed by atoms with Gasteiger partial charge < -0.3 is 9.73 Å². The quantitative estimate of drug-likeness (QED) is 0.768. The van der Waals surface area contributed by atoms with Crippen LogP contribution < -0.4 is 5.32 Å². The Hall–Kier alpha value is -2.64. The molecule has 0 unspecified atom stereocenters. The lowest BCUT2D eigenvalue weighted by molar-refractivity contribution is 0.0991. The standard InChI is InChI=1S/C16H11ClN2O4S/c17-11-4-6-12(7-5-11)24(21,22)15-9-8-13(23-15)16(20)19-14-3-1-2-10-18-14/h1-10H,(H,18,19,20). The summed E-state index contributed by atoms with van der Waals surface area (Å²) in [5.41, 5.74) is 0. The molecule has 0 bridgehead atoms. The maximum Gasteiger partial charge on any atom is 0.292 e. The summed E-state index contributed by atoms with van der Waals surface area (Å²) >= 11 is 5.75. The van der Waals surface area contributed by atoms with Crippen LogP contribution in [0.5, 0.6) is 0 Å². The summed E-state index contributed by atoms with van der Waals surface area (Å²) in [6.45, 7) is 0. The molecule has 3 rings (SSSR count). The minimum absolute atomic E-state index is 0.0259. The van der Waals surface area contributed by atoms with Crippen LogP contribution in [0.4, 0.5) is 5.82 Å². The lowest BCUT2D eigenvalue weighted by atomic mass is 10.4. The molecule has 8 heteroatoms. The molecule has 0 fully saturated rings. The van der Waals surface area contributed by atoms with Gasteiger partial charge in [-0.15, -0.1) is 0 Å². The molecule has 6 nitrogen and oxygen atoms in total. The summed E-state index contributed by atoms with van der Waals surface area (Å²) in [6, 6.07) is 13.2. The number of nitrogens with zero attached hydrogens (tertiary/aromatic N) is 1. The Morgan fingerprint density at radius 1 is 1.04 bits per heavy atom. The summed E-state index contributed by atoms with van der Waals surface area (Å²) in [6.07, 6.45) is 1.52. The van der Waals surface area contributed by atoms with Crippen molar-refractivity contribution in [2.45, 2.75) is 9.99 Å². The second kappa shape index (κ2) is 6.46. The van der Waals surface area contributed by atoms with Crippen LogP contribution in [0.1, 0.15) is 10.6 Å². The predicted octanol–water partition coefficient (Wildman–Crippen LogP) is 3.41. The van der Waals surface area contributed by atoms with Crippen LogP contribution in [-0.4, -0.2) is 19.3 Å². The Labute approximate surface area is 143 Å². The Morgan fingerprint density at radius 2 is 1.79 bits per heavy atom. The van der Waals surface area contributed by atoms with Crippen molar-refractivity contribution in [3.05, 3.63) is 71.6 Å². The molecule has 0 saturated heterocycles. The molecule has 1 aromatic carbocycles. The monoisotopic (exact) mass is 362 g/mol. The molecule has 2 heterocycles. The highest BCUT2D eigenvalue weighted by Crippen LogP contribution is 2.24. The van der Waals surface area contributed by atoms with Gasteiger partial charge in [0.1, 0.15) is 5.82 Å². The summed E-state index contributed by atoms with van der Waals surface area (Å²) in [4.78, 5) is 16.1. The van der Waals surface area contributed by atoms with Gasteiger partial charge in [0, 0.05) is 11.2 Å². The number of anilines is 1. The molecule has 2 aromatic heterocycles. The Kier molecular flexibility index (Phi) is 4.37. The fourth-order valence-corrected chi connectivity index (χ4v) is 3.23. The van der Waals surface area contributed by atoms with Gasteiger partial charge >= 0.3 is 0 Å². The number of aromatic nitrogens is 1. The third kappa shape index (κ3) is 3.32. The Bertz CT molecular complexity index is 967. The second-order valence-electron chi connectivity index (χ2n) is 4.75. The van der Waals surface area contributed by atoms with Crippen molar-refractivity contribution >= 4 is 33.2 Å². The van der Waals surface area contributed by atoms with Gasteiger partial charge in [-0.2, -0.15) is 0 Å². The van der Waals surface area contributed by atoms with Crippen molar-refractivity contribution in [2.24, 2.45) is 0 Å². The number of halogens is 1. The van der Waals surface area contributed by atoms with Crippen LogP contribution in [0.2, 0.25) is 5.02 Å². The average molecular weight is 363 g/mol. The molecule has 0 radical (unpaired) electrons. The van der Waals surface area contributed by atoms with Gasteiger partial charge in [0.25, 0.3) is 5.91 Å². The number of pyridine rings is 1. The minimum Gasteiger partial charge on any atom is -0.439 e. The molecule has 1 N–H and O–H groups in total. The zero-order chi connectivity index (χ0) is 17.2. The molecule has 24 heavy (non-hydrogen) atoms. The lowest BCUT2D eigenvalue weighted by Gasteiger charge is -2.02. The summed E-state index contributed by atoms with van der Waals surface area (Å²) in [5, 5.41) is 2.61. The van der Waals surface area contributed by atoms with Crippen LogP contribution in [-0.2, 0) is 9.84 Å². The fourth-order valence-electron chi connectivity index (χ4n) is 1.93. The van der Waals surface area contributed by atoms with Gasteiger partial charge in [-0.1, -0.05) is 17.7 Å². The van der Waals surface area contributed by atoms with Crippen LogP contribution in [0.25, 0.3) is 0 Å². The normalized spacial score (nSPS) is 11.2. The van der Waals surface area contributed by atoms with E-state index in [1.807, 2.05) is 0 Å². The van der Waals surface area contributed by atoms with Crippen LogP contribution in [0.3, 0.4) is 0 Å². The topological polar surface area (TPSA) is 89.3 Å². The van der Waals surface area contributed by atoms with Gasteiger partial charge in [0.15, 0.2) is 5.76 Å². The van der Waals surface area contributed by atoms with E-state index < -0.39 is 15.7 Å². The zero-order valence-corrected chi connectivity index (χ0v) is 13.7. The predicted molar refractivity (Wildman–Crippen MR) is 87.8 cm³/mol. The first kappa shape index (κ1) is 16.2. The highest BCUT2D eigenvalue weighted by atomic mass is 35.5. The van der Waals surface area contributed by atoms with E-state index in [9.17, 15) is 13.2 Å². The molecule has 0 aliphatic rings. The van der Waals surface area contributed by atoms with E-state index in [4.69, 9.17) is 16.0 Å². The number of carbonyl (C=O) groups excluding carboxylic acids is 1. The summed E-state index contributed by atoms with van der Waals surface area (Å²) in [7, 11) is -3.86. The molecule has 122 valence electrons. The highest BCUT2D eigenvalue weighted by molar-refractivity contribution is 7.91.